The topological polar surface area (TPSA) is 58.1 Å². The third-order valence-electron chi connectivity index (χ3n) is 3.57. The molecule has 1 atom stereocenters. The van der Waals surface area contributed by atoms with Gasteiger partial charge in [0.1, 0.15) is 5.15 Å². The number of nitrogens with zero attached hydrogens (tertiary/aromatic N) is 2. The zero-order valence-corrected chi connectivity index (χ0v) is 11.5. The molecule has 0 spiro atoms. The monoisotopic (exact) mass is 271 g/mol. The van der Waals surface area contributed by atoms with Crippen LogP contribution in [0.5, 0.6) is 0 Å². The molecule has 1 aliphatic heterocycles. The summed E-state index contributed by atoms with van der Waals surface area (Å²) in [5, 5.41) is 0.134. The molecule has 100 valence electrons. The van der Waals surface area contributed by atoms with Crippen molar-refractivity contribution in [1.82, 2.24) is 14.5 Å². The molecule has 2 rings (SSSR count). The molecule has 2 heterocycles. The van der Waals surface area contributed by atoms with Crippen molar-refractivity contribution in [1.29, 1.82) is 0 Å². The third kappa shape index (κ3) is 2.52. The molecule has 1 saturated heterocycles. The Morgan fingerprint density at radius 3 is 2.56 bits per heavy atom. The van der Waals surface area contributed by atoms with Crippen LogP contribution < -0.4 is 11.2 Å². The number of aromatic nitrogens is 2. The molecule has 0 saturated carbocycles. The molecule has 18 heavy (non-hydrogen) atoms. The van der Waals surface area contributed by atoms with Crippen molar-refractivity contribution < 1.29 is 0 Å². The Morgan fingerprint density at radius 2 is 1.94 bits per heavy atom. The number of likely N-dealkylation sites (tertiary alicyclic amines) is 1. The number of hydrogen-bond acceptors (Lipinski definition) is 3. The van der Waals surface area contributed by atoms with E-state index in [0.717, 1.165) is 13.1 Å². The van der Waals surface area contributed by atoms with Crippen LogP contribution in [0, 0.1) is 6.92 Å². The molecule has 0 amide bonds. The highest BCUT2D eigenvalue weighted by molar-refractivity contribution is 6.30. The van der Waals surface area contributed by atoms with Crippen LogP contribution in [0.1, 0.15) is 25.3 Å². The lowest BCUT2D eigenvalue weighted by atomic mass is 10.3. The van der Waals surface area contributed by atoms with Crippen molar-refractivity contribution in [3.8, 4) is 0 Å². The SMILES string of the molecule is Cc1c(Cl)[nH]c(=O)n(CC(C)N2CCCC2)c1=O. The average Bonchev–Trinajstić information content (AvgIpc) is 2.85. The Morgan fingerprint density at radius 1 is 1.33 bits per heavy atom. The second kappa shape index (κ2) is 5.28. The molecular weight excluding hydrogens is 254 g/mol. The molecular formula is C12H18ClN3O2. The summed E-state index contributed by atoms with van der Waals surface area (Å²) in [7, 11) is 0. The second-order valence-corrected chi connectivity index (χ2v) is 5.25. The summed E-state index contributed by atoms with van der Waals surface area (Å²) in [6.45, 7) is 6.16. The van der Waals surface area contributed by atoms with Crippen LogP contribution in [0.15, 0.2) is 9.59 Å². The van der Waals surface area contributed by atoms with E-state index in [-0.39, 0.29) is 16.8 Å². The minimum absolute atomic E-state index is 0.134. The first-order valence-electron chi connectivity index (χ1n) is 6.24. The Kier molecular flexibility index (Phi) is 3.92. The molecule has 6 heteroatoms. The van der Waals surface area contributed by atoms with Gasteiger partial charge in [0.15, 0.2) is 0 Å². The van der Waals surface area contributed by atoms with E-state index in [9.17, 15) is 9.59 Å². The molecule has 0 aliphatic carbocycles. The summed E-state index contributed by atoms with van der Waals surface area (Å²) < 4.78 is 1.24. The van der Waals surface area contributed by atoms with Gasteiger partial charge in [-0.3, -0.25) is 19.2 Å². The maximum Gasteiger partial charge on any atom is 0.329 e. The summed E-state index contributed by atoms with van der Waals surface area (Å²) in [6, 6.07) is 0.187. The van der Waals surface area contributed by atoms with Crippen molar-refractivity contribution >= 4 is 11.6 Å². The van der Waals surface area contributed by atoms with Crippen LogP contribution >= 0.6 is 11.6 Å². The molecule has 1 aromatic rings. The zero-order valence-electron chi connectivity index (χ0n) is 10.7. The highest BCUT2D eigenvalue weighted by atomic mass is 35.5. The molecule has 0 radical (unpaired) electrons. The number of aromatic amines is 1. The lowest BCUT2D eigenvalue weighted by Gasteiger charge is -2.24. The van der Waals surface area contributed by atoms with Gasteiger partial charge in [0.05, 0.1) is 0 Å². The third-order valence-corrected chi connectivity index (χ3v) is 3.95. The minimum atomic E-state index is -0.429. The van der Waals surface area contributed by atoms with Gasteiger partial charge in [0, 0.05) is 18.2 Å². The molecule has 0 aromatic carbocycles. The van der Waals surface area contributed by atoms with Crippen LogP contribution in [-0.2, 0) is 6.54 Å². The summed E-state index contributed by atoms with van der Waals surface area (Å²) in [6.07, 6.45) is 2.38. The largest absolute Gasteiger partial charge is 0.329 e. The van der Waals surface area contributed by atoms with Gasteiger partial charge in [-0.15, -0.1) is 0 Å². The van der Waals surface area contributed by atoms with Crippen molar-refractivity contribution in [3.05, 3.63) is 31.6 Å². The predicted molar refractivity (Wildman–Crippen MR) is 71.3 cm³/mol. The molecule has 1 aromatic heterocycles. The first kappa shape index (κ1) is 13.4. The first-order valence-corrected chi connectivity index (χ1v) is 6.61. The first-order chi connectivity index (χ1) is 8.50. The van der Waals surface area contributed by atoms with Crippen molar-refractivity contribution in [2.45, 2.75) is 39.3 Å². The van der Waals surface area contributed by atoms with Gasteiger partial charge in [0.25, 0.3) is 5.56 Å². The Bertz CT molecular complexity index is 543. The summed E-state index contributed by atoms with van der Waals surface area (Å²) in [5.41, 5.74) is -0.332. The van der Waals surface area contributed by atoms with Crippen LogP contribution in [0.25, 0.3) is 0 Å². The van der Waals surface area contributed by atoms with Gasteiger partial charge in [-0.25, -0.2) is 4.79 Å². The smallest absolute Gasteiger partial charge is 0.299 e. The lowest BCUT2D eigenvalue weighted by Crippen LogP contribution is -2.43. The fraction of sp³-hybridized carbons (Fsp3) is 0.667. The van der Waals surface area contributed by atoms with Crippen molar-refractivity contribution in [3.63, 3.8) is 0 Å². The predicted octanol–water partition coefficient (Wildman–Crippen LogP) is 0.983. The van der Waals surface area contributed by atoms with Gasteiger partial charge >= 0.3 is 5.69 Å². The second-order valence-electron chi connectivity index (χ2n) is 4.88. The van der Waals surface area contributed by atoms with Gasteiger partial charge < -0.3 is 0 Å². The Hall–Kier alpha value is -1.07. The average molecular weight is 272 g/mol. The van der Waals surface area contributed by atoms with Crippen molar-refractivity contribution in [2.24, 2.45) is 0 Å². The highest BCUT2D eigenvalue weighted by Gasteiger charge is 2.20. The summed E-state index contributed by atoms with van der Waals surface area (Å²) in [5.74, 6) is 0. The standard InChI is InChI=1S/C12H18ClN3O2/c1-8(15-5-3-4-6-15)7-16-11(17)9(2)10(13)14-12(16)18/h8H,3-7H2,1-2H3,(H,14,18). The Balaban J connectivity index is 2.26. The van der Waals surface area contributed by atoms with Crippen LogP contribution in [-0.4, -0.2) is 33.6 Å². The van der Waals surface area contributed by atoms with E-state index in [4.69, 9.17) is 11.6 Å². The summed E-state index contributed by atoms with van der Waals surface area (Å²) in [4.78, 5) is 28.6. The number of halogens is 1. The highest BCUT2D eigenvalue weighted by Crippen LogP contribution is 2.12. The number of hydrogen-bond donors (Lipinski definition) is 1. The van der Waals surface area contributed by atoms with Gasteiger partial charge in [-0.1, -0.05) is 11.6 Å². The van der Waals surface area contributed by atoms with E-state index in [2.05, 4.69) is 9.88 Å². The number of H-pyrrole nitrogens is 1. The molecule has 0 bridgehead atoms. The van der Waals surface area contributed by atoms with Gasteiger partial charge in [-0.2, -0.15) is 0 Å². The van der Waals surface area contributed by atoms with Gasteiger partial charge in [0.2, 0.25) is 0 Å². The van der Waals surface area contributed by atoms with E-state index in [1.54, 1.807) is 6.92 Å². The van der Waals surface area contributed by atoms with Gasteiger partial charge in [-0.05, 0) is 39.8 Å². The summed E-state index contributed by atoms with van der Waals surface area (Å²) >= 11 is 5.78. The van der Waals surface area contributed by atoms with E-state index in [0.29, 0.717) is 12.1 Å². The zero-order chi connectivity index (χ0) is 13.3. The van der Waals surface area contributed by atoms with E-state index < -0.39 is 5.69 Å². The van der Waals surface area contributed by atoms with E-state index in [1.807, 2.05) is 6.92 Å². The number of rotatable bonds is 3. The fourth-order valence-corrected chi connectivity index (χ4v) is 2.53. The molecule has 1 aliphatic rings. The quantitative estimate of drug-likeness (QED) is 0.834. The molecule has 1 unspecified atom stereocenters. The lowest BCUT2D eigenvalue weighted by molar-refractivity contribution is 0.231. The molecule has 1 N–H and O–H groups in total. The fourth-order valence-electron chi connectivity index (χ4n) is 2.37. The molecule has 1 fully saturated rings. The van der Waals surface area contributed by atoms with Crippen molar-refractivity contribution in [2.75, 3.05) is 13.1 Å². The molecule has 5 nitrogen and oxygen atoms in total. The normalized spacial score (nSPS) is 18.2. The number of nitrogens with one attached hydrogen (secondary N) is 1. The maximum atomic E-state index is 12.0. The van der Waals surface area contributed by atoms with Crippen LogP contribution in [0.4, 0.5) is 0 Å². The minimum Gasteiger partial charge on any atom is -0.299 e. The maximum absolute atomic E-state index is 12.0. The van der Waals surface area contributed by atoms with Crippen LogP contribution in [0.3, 0.4) is 0 Å². The Labute approximate surface area is 110 Å². The van der Waals surface area contributed by atoms with E-state index >= 15 is 0 Å². The van der Waals surface area contributed by atoms with Crippen LogP contribution in [0.2, 0.25) is 5.15 Å². The van der Waals surface area contributed by atoms with E-state index in [1.165, 1.54) is 17.4 Å².